The summed E-state index contributed by atoms with van der Waals surface area (Å²) in [6.45, 7) is 1.90. The molecule has 1 N–H and O–H groups in total. The standard InChI is InChI=1S/C13H11N3O2S2/c1-8-5-16(13(15-8)19-6-12(17)18)9-2-3-10-11(4-9)20-7-14-10/h2-5,7H,6H2,1H3,(H,17,18). The van der Waals surface area contributed by atoms with E-state index >= 15 is 0 Å². The van der Waals surface area contributed by atoms with Crippen LogP contribution in [-0.4, -0.2) is 31.4 Å². The van der Waals surface area contributed by atoms with Crippen LogP contribution >= 0.6 is 23.1 Å². The predicted molar refractivity (Wildman–Crippen MR) is 79.8 cm³/mol. The number of aryl methyl sites for hydroxylation is 1. The summed E-state index contributed by atoms with van der Waals surface area (Å²) in [5, 5.41) is 9.48. The van der Waals surface area contributed by atoms with Crippen LogP contribution in [0.2, 0.25) is 0 Å². The molecule has 0 saturated carbocycles. The first-order valence-electron chi connectivity index (χ1n) is 5.88. The highest BCUT2D eigenvalue weighted by Crippen LogP contribution is 2.26. The Morgan fingerprint density at radius 2 is 2.35 bits per heavy atom. The third-order valence-electron chi connectivity index (χ3n) is 2.71. The molecule has 2 aromatic heterocycles. The van der Waals surface area contributed by atoms with Crippen molar-refractivity contribution in [2.24, 2.45) is 0 Å². The summed E-state index contributed by atoms with van der Waals surface area (Å²) in [6.07, 6.45) is 1.91. The zero-order valence-electron chi connectivity index (χ0n) is 10.6. The van der Waals surface area contributed by atoms with Crippen LogP contribution in [0.25, 0.3) is 15.9 Å². The van der Waals surface area contributed by atoms with Gasteiger partial charge in [-0.1, -0.05) is 11.8 Å². The lowest BCUT2D eigenvalue weighted by Crippen LogP contribution is -2.01. The molecule has 0 fully saturated rings. The van der Waals surface area contributed by atoms with E-state index in [0.29, 0.717) is 5.16 Å². The van der Waals surface area contributed by atoms with Crippen molar-refractivity contribution in [2.45, 2.75) is 12.1 Å². The molecule has 0 aliphatic heterocycles. The van der Waals surface area contributed by atoms with Crippen LogP contribution in [0.1, 0.15) is 5.69 Å². The van der Waals surface area contributed by atoms with Crippen molar-refractivity contribution in [3.8, 4) is 5.69 Å². The van der Waals surface area contributed by atoms with Gasteiger partial charge in [-0.3, -0.25) is 9.36 Å². The van der Waals surface area contributed by atoms with Crippen molar-refractivity contribution in [1.82, 2.24) is 14.5 Å². The summed E-state index contributed by atoms with van der Waals surface area (Å²) >= 11 is 2.80. The van der Waals surface area contributed by atoms with Crippen molar-refractivity contribution < 1.29 is 9.90 Å². The first-order chi connectivity index (χ1) is 9.63. The van der Waals surface area contributed by atoms with Crippen LogP contribution in [0, 0.1) is 6.92 Å². The van der Waals surface area contributed by atoms with Crippen molar-refractivity contribution in [2.75, 3.05) is 5.75 Å². The van der Waals surface area contributed by atoms with Gasteiger partial charge in [0.2, 0.25) is 0 Å². The highest BCUT2D eigenvalue weighted by molar-refractivity contribution is 7.99. The van der Waals surface area contributed by atoms with Gasteiger partial charge >= 0.3 is 5.97 Å². The molecular formula is C13H11N3O2S2. The summed E-state index contributed by atoms with van der Waals surface area (Å²) in [5.74, 6) is -0.848. The second-order valence-corrected chi connectivity index (χ2v) is 6.05. The normalized spacial score (nSPS) is 11.1. The fraction of sp³-hybridized carbons (Fsp3) is 0.154. The molecule has 7 heteroatoms. The van der Waals surface area contributed by atoms with Crippen molar-refractivity contribution in [3.05, 3.63) is 35.6 Å². The molecule has 0 bridgehead atoms. The average molecular weight is 305 g/mol. The van der Waals surface area contributed by atoms with Crippen molar-refractivity contribution in [3.63, 3.8) is 0 Å². The van der Waals surface area contributed by atoms with Crippen LogP contribution in [0.5, 0.6) is 0 Å². The molecule has 3 rings (SSSR count). The number of thiazole rings is 1. The van der Waals surface area contributed by atoms with Gasteiger partial charge in [0.1, 0.15) is 0 Å². The molecule has 0 atom stereocenters. The van der Waals surface area contributed by atoms with E-state index in [9.17, 15) is 4.79 Å². The zero-order chi connectivity index (χ0) is 14.1. The molecule has 0 unspecified atom stereocenters. The van der Waals surface area contributed by atoms with Gasteiger partial charge in [-0.05, 0) is 25.1 Å². The zero-order valence-corrected chi connectivity index (χ0v) is 12.2. The van der Waals surface area contributed by atoms with E-state index in [0.717, 1.165) is 21.6 Å². The number of thioether (sulfide) groups is 1. The molecule has 20 heavy (non-hydrogen) atoms. The Morgan fingerprint density at radius 3 is 3.15 bits per heavy atom. The lowest BCUT2D eigenvalue weighted by Gasteiger charge is -2.06. The summed E-state index contributed by atoms with van der Waals surface area (Å²) in [7, 11) is 0. The fourth-order valence-electron chi connectivity index (χ4n) is 1.88. The minimum Gasteiger partial charge on any atom is -0.481 e. The maximum atomic E-state index is 10.7. The second-order valence-electron chi connectivity index (χ2n) is 4.22. The number of aromatic nitrogens is 3. The number of nitrogens with zero attached hydrogens (tertiary/aromatic N) is 3. The van der Waals surface area contributed by atoms with Gasteiger partial charge in [0.25, 0.3) is 0 Å². The molecule has 102 valence electrons. The summed E-state index contributed by atoms with van der Waals surface area (Å²) in [4.78, 5) is 19.3. The van der Waals surface area contributed by atoms with Crippen LogP contribution in [0.15, 0.2) is 35.1 Å². The molecule has 1 aromatic carbocycles. The van der Waals surface area contributed by atoms with Gasteiger partial charge in [0.15, 0.2) is 5.16 Å². The summed E-state index contributed by atoms with van der Waals surface area (Å²) in [5.41, 5.74) is 4.61. The monoisotopic (exact) mass is 305 g/mol. The number of carboxylic acid groups (broad SMARTS) is 1. The lowest BCUT2D eigenvalue weighted by molar-refractivity contribution is -0.133. The molecular weight excluding hydrogens is 294 g/mol. The number of hydrogen-bond acceptors (Lipinski definition) is 5. The predicted octanol–water partition coefficient (Wildman–Crippen LogP) is 2.97. The van der Waals surface area contributed by atoms with Gasteiger partial charge in [0.05, 0.1) is 27.2 Å². The highest BCUT2D eigenvalue weighted by atomic mass is 32.2. The van der Waals surface area contributed by atoms with Gasteiger partial charge in [-0.25, -0.2) is 9.97 Å². The maximum absolute atomic E-state index is 10.7. The van der Waals surface area contributed by atoms with Crippen LogP contribution in [0.4, 0.5) is 0 Å². The van der Waals surface area contributed by atoms with E-state index in [1.54, 1.807) is 11.3 Å². The minimum absolute atomic E-state index is 0.000739. The molecule has 0 aliphatic carbocycles. The molecule has 0 aliphatic rings. The number of hydrogen-bond donors (Lipinski definition) is 1. The average Bonchev–Trinajstić information content (AvgIpc) is 3.01. The topological polar surface area (TPSA) is 68.0 Å². The number of imidazole rings is 1. The van der Waals surface area contributed by atoms with Crippen LogP contribution in [-0.2, 0) is 4.79 Å². The first-order valence-corrected chi connectivity index (χ1v) is 7.74. The Balaban J connectivity index is 2.01. The van der Waals surface area contributed by atoms with Crippen LogP contribution < -0.4 is 0 Å². The lowest BCUT2D eigenvalue weighted by atomic mass is 10.3. The Morgan fingerprint density at radius 1 is 1.50 bits per heavy atom. The molecule has 0 saturated heterocycles. The van der Waals surface area contributed by atoms with E-state index < -0.39 is 5.97 Å². The van der Waals surface area contributed by atoms with Crippen LogP contribution in [0.3, 0.4) is 0 Å². The maximum Gasteiger partial charge on any atom is 0.313 e. The Kier molecular flexibility index (Phi) is 3.45. The summed E-state index contributed by atoms with van der Waals surface area (Å²) < 4.78 is 3.02. The smallest absolute Gasteiger partial charge is 0.313 e. The number of rotatable bonds is 4. The molecule has 2 heterocycles. The fourth-order valence-corrected chi connectivity index (χ4v) is 3.35. The quantitative estimate of drug-likeness (QED) is 0.751. The number of carboxylic acids is 1. The Labute approximate surface area is 123 Å². The van der Waals surface area contributed by atoms with E-state index in [1.807, 2.05) is 41.4 Å². The highest BCUT2D eigenvalue weighted by Gasteiger charge is 2.11. The minimum atomic E-state index is -0.847. The molecule has 0 spiro atoms. The number of fused-ring (bicyclic) bond motifs is 1. The molecule has 3 aromatic rings. The molecule has 0 radical (unpaired) electrons. The van der Waals surface area contributed by atoms with E-state index in [4.69, 9.17) is 5.11 Å². The van der Waals surface area contributed by atoms with E-state index in [1.165, 1.54) is 11.8 Å². The molecule has 5 nitrogen and oxygen atoms in total. The Hall–Kier alpha value is -1.86. The number of carbonyl (C=O) groups is 1. The molecule has 0 amide bonds. The summed E-state index contributed by atoms with van der Waals surface area (Å²) in [6, 6.07) is 5.97. The van der Waals surface area contributed by atoms with Gasteiger partial charge in [-0.15, -0.1) is 11.3 Å². The van der Waals surface area contributed by atoms with Gasteiger partial charge in [0, 0.05) is 11.9 Å². The largest absolute Gasteiger partial charge is 0.481 e. The van der Waals surface area contributed by atoms with E-state index in [2.05, 4.69) is 9.97 Å². The Bertz CT molecular complexity index is 779. The van der Waals surface area contributed by atoms with Crippen molar-refractivity contribution in [1.29, 1.82) is 0 Å². The SMILES string of the molecule is Cc1cn(-c2ccc3ncsc3c2)c(SCC(=O)O)n1. The van der Waals surface area contributed by atoms with Gasteiger partial charge < -0.3 is 5.11 Å². The number of aliphatic carboxylic acids is 1. The van der Waals surface area contributed by atoms with E-state index in [-0.39, 0.29) is 5.75 Å². The number of benzene rings is 1. The second kappa shape index (κ2) is 5.26. The first kappa shape index (κ1) is 13.1. The van der Waals surface area contributed by atoms with Gasteiger partial charge in [-0.2, -0.15) is 0 Å². The third kappa shape index (κ3) is 2.54. The third-order valence-corrected chi connectivity index (χ3v) is 4.44. The van der Waals surface area contributed by atoms with Crippen molar-refractivity contribution >= 4 is 39.3 Å².